The summed E-state index contributed by atoms with van der Waals surface area (Å²) in [4.78, 5) is 30.9. The molecule has 0 aliphatic rings. The van der Waals surface area contributed by atoms with Crippen LogP contribution in [0.25, 0.3) is 0 Å². The van der Waals surface area contributed by atoms with E-state index in [1.54, 1.807) is 24.5 Å². The van der Waals surface area contributed by atoms with Crippen molar-refractivity contribution < 1.29 is 9.59 Å². The second-order valence-electron chi connectivity index (χ2n) is 4.93. The van der Waals surface area contributed by atoms with E-state index in [1.165, 1.54) is 0 Å². The number of nitrogens with one attached hydrogen (secondary N) is 3. The highest BCUT2D eigenvalue weighted by Crippen LogP contribution is 1.93. The number of imidazole rings is 1. The smallest absolute Gasteiger partial charge is 0.234 e. The molecule has 0 radical (unpaired) electrons. The lowest BCUT2D eigenvalue weighted by Gasteiger charge is -2.17. The summed E-state index contributed by atoms with van der Waals surface area (Å²) >= 11 is 0. The zero-order valence-corrected chi connectivity index (χ0v) is 18.1. The number of likely N-dealkylation sites (N-methyl/N-ethyl adjacent to an activating group) is 2. The van der Waals surface area contributed by atoms with Gasteiger partial charge in [-0.3, -0.25) is 9.59 Å². The highest BCUT2D eigenvalue weighted by atomic mass is 16.2. The predicted molar refractivity (Wildman–Crippen MR) is 110 cm³/mol. The summed E-state index contributed by atoms with van der Waals surface area (Å²) in [5, 5.41) is 5.69. The summed E-state index contributed by atoms with van der Waals surface area (Å²) in [6, 6.07) is 0. The number of carbonyl (C=O) groups is 2. The van der Waals surface area contributed by atoms with Gasteiger partial charge in [-0.1, -0.05) is 41.5 Å². The van der Waals surface area contributed by atoms with Crippen LogP contribution in [0, 0.1) is 6.92 Å². The molecule has 0 fully saturated rings. The minimum Gasteiger partial charge on any atom is -0.353 e. The molecular formula is C19H41N5O2. The SMILES string of the molecule is CC.CC.CCCC(=O)N(C)CCNC(=O)CNCC.Cc1cnc[nH]1. The van der Waals surface area contributed by atoms with Crippen LogP contribution in [-0.2, 0) is 9.59 Å². The van der Waals surface area contributed by atoms with E-state index in [9.17, 15) is 9.59 Å². The minimum absolute atomic E-state index is 0.0295. The van der Waals surface area contributed by atoms with Crippen LogP contribution < -0.4 is 10.6 Å². The molecule has 0 aliphatic carbocycles. The molecule has 0 spiro atoms. The lowest BCUT2D eigenvalue weighted by Crippen LogP contribution is -2.39. The number of aromatic nitrogens is 2. The molecule has 7 heteroatoms. The Morgan fingerprint density at radius 1 is 1.19 bits per heavy atom. The van der Waals surface area contributed by atoms with Crippen molar-refractivity contribution in [3.05, 3.63) is 18.2 Å². The maximum Gasteiger partial charge on any atom is 0.234 e. The fourth-order valence-electron chi connectivity index (χ4n) is 1.52. The quantitative estimate of drug-likeness (QED) is 0.655. The molecule has 0 unspecified atom stereocenters. The summed E-state index contributed by atoms with van der Waals surface area (Å²) in [5.41, 5.74) is 1.11. The van der Waals surface area contributed by atoms with Crippen molar-refractivity contribution in [1.82, 2.24) is 25.5 Å². The Kier molecular flexibility index (Phi) is 25.7. The Labute approximate surface area is 160 Å². The highest BCUT2D eigenvalue weighted by Gasteiger charge is 2.07. The Morgan fingerprint density at radius 3 is 2.19 bits per heavy atom. The molecule has 0 aliphatic heterocycles. The van der Waals surface area contributed by atoms with Gasteiger partial charge >= 0.3 is 0 Å². The monoisotopic (exact) mass is 371 g/mol. The van der Waals surface area contributed by atoms with Gasteiger partial charge in [0.25, 0.3) is 0 Å². The van der Waals surface area contributed by atoms with Gasteiger partial charge in [0.05, 0.1) is 12.9 Å². The van der Waals surface area contributed by atoms with Crippen LogP contribution in [0.4, 0.5) is 0 Å². The summed E-state index contributed by atoms with van der Waals surface area (Å²) in [6.45, 7) is 16.1. The molecule has 1 rings (SSSR count). The number of rotatable bonds is 8. The minimum atomic E-state index is -0.0295. The van der Waals surface area contributed by atoms with Gasteiger partial charge in [0.15, 0.2) is 0 Å². The average molecular weight is 372 g/mol. The van der Waals surface area contributed by atoms with Gasteiger partial charge in [0, 0.05) is 38.4 Å². The Balaban J connectivity index is -0.000000433. The Bertz CT molecular complexity index is 408. The molecule has 154 valence electrons. The Morgan fingerprint density at radius 2 is 1.81 bits per heavy atom. The molecule has 7 nitrogen and oxygen atoms in total. The summed E-state index contributed by atoms with van der Waals surface area (Å²) in [5.74, 6) is 0.0987. The topological polar surface area (TPSA) is 90.1 Å². The number of amides is 2. The van der Waals surface area contributed by atoms with Crippen LogP contribution in [0.15, 0.2) is 12.5 Å². The van der Waals surface area contributed by atoms with Crippen molar-refractivity contribution in [1.29, 1.82) is 0 Å². The van der Waals surface area contributed by atoms with Crippen LogP contribution >= 0.6 is 0 Å². The molecule has 1 aromatic rings. The fraction of sp³-hybridized carbons (Fsp3) is 0.737. The summed E-state index contributed by atoms with van der Waals surface area (Å²) in [6.07, 6.45) is 4.87. The van der Waals surface area contributed by atoms with Crippen molar-refractivity contribution in [2.45, 2.75) is 61.3 Å². The summed E-state index contributed by atoms with van der Waals surface area (Å²) in [7, 11) is 1.76. The second kappa shape index (κ2) is 23.1. The zero-order valence-electron chi connectivity index (χ0n) is 18.1. The predicted octanol–water partition coefficient (Wildman–Crippen LogP) is 2.74. The highest BCUT2D eigenvalue weighted by molar-refractivity contribution is 5.78. The van der Waals surface area contributed by atoms with E-state index < -0.39 is 0 Å². The van der Waals surface area contributed by atoms with E-state index in [0.717, 1.165) is 18.7 Å². The normalized spacial score (nSPS) is 8.62. The first-order valence-electron chi connectivity index (χ1n) is 9.67. The number of H-pyrrole nitrogens is 1. The molecule has 1 aromatic heterocycles. The van der Waals surface area contributed by atoms with Gasteiger partial charge in [-0.25, -0.2) is 4.98 Å². The standard InChI is InChI=1S/C11H23N3O2.C4H6N2.2C2H6/c1-4-6-11(16)14(3)8-7-13-10(15)9-12-5-2;1-4-2-5-3-6-4;2*1-2/h12H,4-9H2,1-3H3,(H,13,15);2-3H,1H3,(H,5,6);2*1-2H3. The van der Waals surface area contributed by atoms with E-state index in [2.05, 4.69) is 20.6 Å². The number of aryl methyl sites for hydroxylation is 1. The molecule has 0 atom stereocenters. The molecule has 0 saturated carbocycles. The van der Waals surface area contributed by atoms with Crippen LogP contribution in [0.2, 0.25) is 0 Å². The second-order valence-corrected chi connectivity index (χ2v) is 4.93. The van der Waals surface area contributed by atoms with Gasteiger partial charge in [0.2, 0.25) is 11.8 Å². The molecule has 0 aromatic carbocycles. The largest absolute Gasteiger partial charge is 0.353 e. The molecule has 0 bridgehead atoms. The first-order valence-corrected chi connectivity index (χ1v) is 9.67. The van der Waals surface area contributed by atoms with Crippen molar-refractivity contribution in [2.24, 2.45) is 0 Å². The van der Waals surface area contributed by atoms with Gasteiger partial charge in [-0.05, 0) is 19.9 Å². The van der Waals surface area contributed by atoms with E-state index in [4.69, 9.17) is 0 Å². The maximum absolute atomic E-state index is 11.4. The van der Waals surface area contributed by atoms with Gasteiger partial charge in [0.1, 0.15) is 0 Å². The Hall–Kier alpha value is -1.89. The zero-order chi connectivity index (χ0) is 20.8. The third-order valence-corrected chi connectivity index (χ3v) is 2.83. The molecule has 3 N–H and O–H groups in total. The van der Waals surface area contributed by atoms with Gasteiger partial charge in [-0.2, -0.15) is 0 Å². The lowest BCUT2D eigenvalue weighted by atomic mass is 10.3. The van der Waals surface area contributed by atoms with Gasteiger partial charge in [-0.15, -0.1) is 0 Å². The number of nitrogens with zero attached hydrogens (tertiary/aromatic N) is 2. The lowest BCUT2D eigenvalue weighted by molar-refractivity contribution is -0.130. The first-order chi connectivity index (χ1) is 12.5. The fourth-order valence-corrected chi connectivity index (χ4v) is 1.52. The molecule has 1 heterocycles. The van der Waals surface area contributed by atoms with E-state index in [-0.39, 0.29) is 11.8 Å². The number of carbonyl (C=O) groups excluding carboxylic acids is 2. The van der Waals surface area contributed by atoms with Crippen LogP contribution in [0.3, 0.4) is 0 Å². The first kappa shape index (κ1) is 28.9. The van der Waals surface area contributed by atoms with Crippen molar-refractivity contribution >= 4 is 11.8 Å². The van der Waals surface area contributed by atoms with Crippen molar-refractivity contribution in [3.63, 3.8) is 0 Å². The van der Waals surface area contributed by atoms with Crippen LogP contribution in [-0.4, -0.2) is 59.9 Å². The van der Waals surface area contributed by atoms with Crippen LogP contribution in [0.1, 0.15) is 60.1 Å². The molecule has 0 saturated heterocycles. The van der Waals surface area contributed by atoms with E-state index in [1.807, 2.05) is 48.5 Å². The molecule has 26 heavy (non-hydrogen) atoms. The van der Waals surface area contributed by atoms with Crippen molar-refractivity contribution in [2.75, 3.05) is 33.2 Å². The van der Waals surface area contributed by atoms with Crippen LogP contribution in [0.5, 0.6) is 0 Å². The van der Waals surface area contributed by atoms with E-state index >= 15 is 0 Å². The average Bonchev–Trinajstić information content (AvgIpc) is 3.15. The maximum atomic E-state index is 11.4. The third-order valence-electron chi connectivity index (χ3n) is 2.83. The number of hydrogen-bond donors (Lipinski definition) is 3. The summed E-state index contributed by atoms with van der Waals surface area (Å²) < 4.78 is 0. The molecular weight excluding hydrogens is 330 g/mol. The number of hydrogen-bond acceptors (Lipinski definition) is 4. The van der Waals surface area contributed by atoms with Crippen molar-refractivity contribution in [3.8, 4) is 0 Å². The molecule has 2 amide bonds. The van der Waals surface area contributed by atoms with E-state index in [0.29, 0.717) is 26.1 Å². The number of aromatic amines is 1. The third kappa shape index (κ3) is 20.2. The van der Waals surface area contributed by atoms with Gasteiger partial charge < -0.3 is 20.5 Å².